The fraction of sp³-hybridized carbons (Fsp3) is 0.429. The van der Waals surface area contributed by atoms with E-state index < -0.39 is 18.2 Å². The van der Waals surface area contributed by atoms with Crippen molar-refractivity contribution in [3.8, 4) is 0 Å². The molecule has 2 fully saturated rings. The number of amides is 2. The molecule has 3 rings (SSSR count). The van der Waals surface area contributed by atoms with E-state index >= 15 is 0 Å². The molecule has 0 aromatic heterocycles. The molecule has 5 nitrogen and oxygen atoms in total. The maximum atomic E-state index is 12.3. The first kappa shape index (κ1) is 13.4. The Morgan fingerprint density at radius 2 is 2.00 bits per heavy atom. The van der Waals surface area contributed by atoms with Gasteiger partial charge < -0.3 is 15.3 Å². The number of rotatable bonds is 2. The highest BCUT2D eigenvalue weighted by atomic mass is 35.5. The minimum atomic E-state index is -0.607. The Morgan fingerprint density at radius 1 is 1.30 bits per heavy atom. The normalized spacial score (nSPS) is 29.3. The molecule has 0 bridgehead atoms. The fourth-order valence-corrected chi connectivity index (χ4v) is 2.96. The molecule has 0 unspecified atom stereocenters. The quantitative estimate of drug-likeness (QED) is 0.826. The van der Waals surface area contributed by atoms with Gasteiger partial charge in [0.2, 0.25) is 11.8 Å². The lowest BCUT2D eigenvalue weighted by Gasteiger charge is -2.34. The van der Waals surface area contributed by atoms with Crippen LogP contribution in [0.4, 0.5) is 0 Å². The number of carbonyl (C=O) groups excluding carboxylic acids is 2. The fourth-order valence-electron chi connectivity index (χ4n) is 2.83. The van der Waals surface area contributed by atoms with Crippen LogP contribution in [0.1, 0.15) is 12.0 Å². The summed E-state index contributed by atoms with van der Waals surface area (Å²) in [6.07, 6.45) is 0.149. The molecule has 2 heterocycles. The Hall–Kier alpha value is -1.59. The largest absolute Gasteiger partial charge is 0.391 e. The number of fused-ring (bicyclic) bond motifs is 1. The summed E-state index contributed by atoms with van der Waals surface area (Å²) in [5.41, 5.74) is 0.936. The molecule has 2 N–H and O–H groups in total. The van der Waals surface area contributed by atoms with Gasteiger partial charge in [-0.25, -0.2) is 0 Å². The van der Waals surface area contributed by atoms with Gasteiger partial charge in [0.15, 0.2) is 0 Å². The third-order valence-corrected chi connectivity index (χ3v) is 4.08. The lowest BCUT2D eigenvalue weighted by molar-refractivity contribution is -0.147. The SMILES string of the molecule is O=C1N[C@@H](Cc2ccc(Cl)cc2)C(=O)N2C[C@H](O)C[C@@H]12. The monoisotopic (exact) mass is 294 g/mol. The van der Waals surface area contributed by atoms with E-state index in [0.29, 0.717) is 17.9 Å². The highest BCUT2D eigenvalue weighted by molar-refractivity contribution is 6.30. The maximum absolute atomic E-state index is 12.3. The lowest BCUT2D eigenvalue weighted by Crippen LogP contribution is -2.61. The molecule has 106 valence electrons. The van der Waals surface area contributed by atoms with Gasteiger partial charge in [-0.2, -0.15) is 0 Å². The number of benzene rings is 1. The summed E-state index contributed by atoms with van der Waals surface area (Å²) in [5, 5.41) is 13.0. The van der Waals surface area contributed by atoms with E-state index in [1.165, 1.54) is 4.90 Å². The Morgan fingerprint density at radius 3 is 2.70 bits per heavy atom. The molecule has 0 spiro atoms. The summed E-state index contributed by atoms with van der Waals surface area (Å²) >= 11 is 5.82. The van der Waals surface area contributed by atoms with E-state index in [4.69, 9.17) is 11.6 Å². The Bertz CT molecular complexity index is 546. The molecule has 3 atom stereocenters. The number of nitrogens with one attached hydrogen (secondary N) is 1. The Kier molecular flexibility index (Phi) is 3.40. The van der Waals surface area contributed by atoms with Gasteiger partial charge in [-0.05, 0) is 17.7 Å². The van der Waals surface area contributed by atoms with Crippen molar-refractivity contribution in [2.75, 3.05) is 6.54 Å². The zero-order valence-corrected chi connectivity index (χ0v) is 11.5. The van der Waals surface area contributed by atoms with E-state index in [1.54, 1.807) is 12.1 Å². The predicted molar refractivity (Wildman–Crippen MR) is 73.2 cm³/mol. The first-order chi connectivity index (χ1) is 9.54. The molecule has 2 saturated heterocycles. The molecular formula is C14H15ClN2O3. The van der Waals surface area contributed by atoms with E-state index in [9.17, 15) is 14.7 Å². The minimum absolute atomic E-state index is 0.124. The molecule has 1 aromatic carbocycles. The first-order valence-electron chi connectivity index (χ1n) is 6.58. The van der Waals surface area contributed by atoms with Crippen LogP contribution >= 0.6 is 11.6 Å². The molecule has 20 heavy (non-hydrogen) atoms. The van der Waals surface area contributed by atoms with Crippen LogP contribution in [0.2, 0.25) is 5.02 Å². The second-order valence-corrected chi connectivity index (χ2v) is 5.72. The third-order valence-electron chi connectivity index (χ3n) is 3.83. The summed E-state index contributed by atoms with van der Waals surface area (Å²) in [7, 11) is 0. The highest BCUT2D eigenvalue weighted by Gasteiger charge is 2.45. The average molecular weight is 295 g/mol. The highest BCUT2D eigenvalue weighted by Crippen LogP contribution is 2.23. The summed E-state index contributed by atoms with van der Waals surface area (Å²) < 4.78 is 0. The zero-order chi connectivity index (χ0) is 14.3. The van der Waals surface area contributed by atoms with E-state index in [0.717, 1.165) is 5.56 Å². The Balaban J connectivity index is 1.76. The molecule has 0 radical (unpaired) electrons. The second-order valence-electron chi connectivity index (χ2n) is 5.29. The van der Waals surface area contributed by atoms with Crippen LogP contribution in [0.5, 0.6) is 0 Å². The number of piperazine rings is 1. The predicted octanol–water partition coefficient (Wildman–Crippen LogP) is 0.343. The average Bonchev–Trinajstić information content (AvgIpc) is 2.81. The minimum Gasteiger partial charge on any atom is -0.391 e. The van der Waals surface area contributed by atoms with Crippen molar-refractivity contribution >= 4 is 23.4 Å². The number of carbonyl (C=O) groups is 2. The van der Waals surface area contributed by atoms with Crippen molar-refractivity contribution in [3.05, 3.63) is 34.9 Å². The van der Waals surface area contributed by atoms with Gasteiger partial charge in [0.1, 0.15) is 12.1 Å². The van der Waals surface area contributed by atoms with Crippen LogP contribution in [0, 0.1) is 0 Å². The maximum Gasteiger partial charge on any atom is 0.246 e. The number of nitrogens with zero attached hydrogens (tertiary/aromatic N) is 1. The van der Waals surface area contributed by atoms with Gasteiger partial charge >= 0.3 is 0 Å². The number of aliphatic hydroxyl groups excluding tert-OH is 1. The summed E-state index contributed by atoms with van der Waals surface area (Å²) in [4.78, 5) is 25.8. The van der Waals surface area contributed by atoms with Gasteiger partial charge in [0.25, 0.3) is 0 Å². The molecular weight excluding hydrogens is 280 g/mol. The van der Waals surface area contributed by atoms with Crippen LogP contribution in [-0.2, 0) is 16.0 Å². The lowest BCUT2D eigenvalue weighted by atomic mass is 10.0. The zero-order valence-electron chi connectivity index (χ0n) is 10.8. The van der Waals surface area contributed by atoms with E-state index in [-0.39, 0.29) is 18.4 Å². The molecule has 1 aromatic rings. The Labute approximate surface area is 121 Å². The summed E-state index contributed by atoms with van der Waals surface area (Å²) in [6.45, 7) is 0.244. The van der Waals surface area contributed by atoms with Crippen molar-refractivity contribution in [3.63, 3.8) is 0 Å². The van der Waals surface area contributed by atoms with Gasteiger partial charge in [0.05, 0.1) is 6.10 Å². The van der Waals surface area contributed by atoms with Crippen molar-refractivity contribution in [2.24, 2.45) is 0 Å². The topological polar surface area (TPSA) is 69.6 Å². The number of aliphatic hydroxyl groups is 1. The molecule has 2 aliphatic heterocycles. The number of halogens is 1. The van der Waals surface area contributed by atoms with Crippen molar-refractivity contribution in [1.82, 2.24) is 10.2 Å². The molecule has 2 aliphatic rings. The summed E-state index contributed by atoms with van der Waals surface area (Å²) in [5.74, 6) is -0.304. The van der Waals surface area contributed by atoms with Gasteiger partial charge in [-0.15, -0.1) is 0 Å². The van der Waals surface area contributed by atoms with Crippen molar-refractivity contribution in [1.29, 1.82) is 0 Å². The van der Waals surface area contributed by atoms with Gasteiger partial charge in [0, 0.05) is 24.4 Å². The summed E-state index contributed by atoms with van der Waals surface area (Å²) in [6, 6.07) is 6.12. The molecule has 2 amide bonds. The standard InChI is InChI=1S/C14H15ClN2O3/c15-9-3-1-8(2-4-9)5-11-14(20)17-7-10(18)6-12(17)13(19)16-11/h1-4,10-12,18H,5-7H2,(H,16,19)/t10-,11+,12+/m1/s1. The molecule has 0 aliphatic carbocycles. The van der Waals surface area contributed by atoms with Crippen LogP contribution < -0.4 is 5.32 Å². The number of hydrogen-bond donors (Lipinski definition) is 2. The third kappa shape index (κ3) is 2.39. The molecule has 0 saturated carbocycles. The van der Waals surface area contributed by atoms with Crippen LogP contribution in [0.25, 0.3) is 0 Å². The smallest absolute Gasteiger partial charge is 0.246 e. The van der Waals surface area contributed by atoms with Gasteiger partial charge in [-0.3, -0.25) is 9.59 Å². The van der Waals surface area contributed by atoms with E-state index in [2.05, 4.69) is 5.32 Å². The van der Waals surface area contributed by atoms with E-state index in [1.807, 2.05) is 12.1 Å². The second kappa shape index (κ2) is 5.07. The first-order valence-corrected chi connectivity index (χ1v) is 6.96. The van der Waals surface area contributed by atoms with Gasteiger partial charge in [-0.1, -0.05) is 23.7 Å². The molecule has 6 heteroatoms. The number of hydrogen-bond acceptors (Lipinski definition) is 3. The van der Waals surface area contributed by atoms with Crippen LogP contribution in [0.15, 0.2) is 24.3 Å². The van der Waals surface area contributed by atoms with Crippen LogP contribution in [-0.4, -0.2) is 46.6 Å². The van der Waals surface area contributed by atoms with Crippen molar-refractivity contribution < 1.29 is 14.7 Å². The van der Waals surface area contributed by atoms with Crippen LogP contribution in [0.3, 0.4) is 0 Å². The van der Waals surface area contributed by atoms with Crippen molar-refractivity contribution in [2.45, 2.75) is 31.0 Å².